The summed E-state index contributed by atoms with van der Waals surface area (Å²) in [5.41, 5.74) is 7.07. The van der Waals surface area contributed by atoms with E-state index in [1.165, 1.54) is 12.1 Å². The van der Waals surface area contributed by atoms with Gasteiger partial charge in [-0.05, 0) is 23.3 Å². The van der Waals surface area contributed by atoms with Crippen LogP contribution >= 0.6 is 7.82 Å². The number of hydrogen-bond acceptors (Lipinski definition) is 5. The molecule has 3 rings (SSSR count). The number of primary amides is 1. The molecule has 3 aromatic carbocycles. The van der Waals surface area contributed by atoms with Gasteiger partial charge in [0.2, 0.25) is 0 Å². The highest BCUT2D eigenvalue weighted by Gasteiger charge is 2.30. The quantitative estimate of drug-likeness (QED) is 0.529. The summed E-state index contributed by atoms with van der Waals surface area (Å²) in [5.74, 6) is -0.660. The Balaban J connectivity index is 1.81. The average Bonchev–Trinajstić information content (AvgIpc) is 2.73. The number of benzene rings is 3. The number of phosphoric ester groups is 1. The van der Waals surface area contributed by atoms with E-state index in [0.717, 1.165) is 11.1 Å². The van der Waals surface area contributed by atoms with Gasteiger partial charge in [-0.2, -0.15) is 0 Å². The Labute approximate surface area is 163 Å². The molecule has 1 amide bonds. The van der Waals surface area contributed by atoms with E-state index >= 15 is 0 Å². The molecule has 7 heteroatoms. The van der Waals surface area contributed by atoms with Gasteiger partial charge in [-0.15, -0.1) is 0 Å². The third-order valence-corrected chi connectivity index (χ3v) is 5.14. The van der Waals surface area contributed by atoms with Crippen molar-refractivity contribution >= 4 is 13.7 Å². The first-order valence-electron chi connectivity index (χ1n) is 8.61. The summed E-state index contributed by atoms with van der Waals surface area (Å²) in [7, 11) is -4.05. The van der Waals surface area contributed by atoms with Crippen LogP contribution in [0.3, 0.4) is 0 Å². The Morgan fingerprint density at radius 1 is 0.750 bits per heavy atom. The molecule has 3 aromatic rings. The number of rotatable bonds is 9. The van der Waals surface area contributed by atoms with Gasteiger partial charge in [0.1, 0.15) is 5.75 Å². The van der Waals surface area contributed by atoms with Crippen LogP contribution in [0.2, 0.25) is 0 Å². The molecule has 0 aromatic heterocycles. The molecule has 28 heavy (non-hydrogen) atoms. The summed E-state index contributed by atoms with van der Waals surface area (Å²) in [6.45, 7) is 0.0390. The Morgan fingerprint density at radius 2 is 1.21 bits per heavy atom. The van der Waals surface area contributed by atoms with E-state index in [0.29, 0.717) is 0 Å². The molecule has 2 N–H and O–H groups in total. The summed E-state index contributed by atoms with van der Waals surface area (Å²) < 4.78 is 29.9. The number of carbonyl (C=O) groups excluding carboxylic acids is 1. The molecule has 0 atom stereocenters. The number of phosphoric acid groups is 1. The fraction of sp³-hybridized carbons (Fsp3) is 0.0952. The van der Waals surface area contributed by atoms with E-state index in [-0.39, 0.29) is 24.5 Å². The van der Waals surface area contributed by atoms with Gasteiger partial charge in [-0.3, -0.25) is 13.8 Å². The lowest BCUT2D eigenvalue weighted by atomic mass is 10.2. The molecule has 0 aliphatic carbocycles. The maximum atomic E-state index is 13.3. The highest BCUT2D eigenvalue weighted by atomic mass is 31.2. The van der Waals surface area contributed by atoms with E-state index < -0.39 is 13.7 Å². The van der Waals surface area contributed by atoms with E-state index in [1.807, 2.05) is 60.7 Å². The first kappa shape index (κ1) is 19.8. The normalized spacial score (nSPS) is 11.1. The lowest BCUT2D eigenvalue weighted by molar-refractivity contribution is 0.0997. The van der Waals surface area contributed by atoms with Crippen molar-refractivity contribution in [2.75, 3.05) is 0 Å². The van der Waals surface area contributed by atoms with Crippen molar-refractivity contribution < 1.29 is 22.9 Å². The lowest BCUT2D eigenvalue weighted by Gasteiger charge is -2.20. The van der Waals surface area contributed by atoms with Crippen LogP contribution in [0.5, 0.6) is 5.75 Å². The van der Waals surface area contributed by atoms with Crippen LogP contribution in [0.15, 0.2) is 84.9 Å². The van der Waals surface area contributed by atoms with Gasteiger partial charge >= 0.3 is 7.82 Å². The molecule has 0 spiro atoms. The van der Waals surface area contributed by atoms with Crippen LogP contribution in [-0.4, -0.2) is 5.91 Å². The SMILES string of the molecule is NC(=O)c1ccccc1OP(=O)(OCc1ccccc1)OCc1ccccc1. The Kier molecular flexibility index (Phi) is 6.61. The Morgan fingerprint density at radius 3 is 1.71 bits per heavy atom. The zero-order valence-corrected chi connectivity index (χ0v) is 16.0. The van der Waals surface area contributed by atoms with Gasteiger partial charge in [-0.1, -0.05) is 72.8 Å². The second-order valence-electron chi connectivity index (χ2n) is 5.92. The van der Waals surface area contributed by atoms with Crippen LogP contribution < -0.4 is 10.3 Å². The molecule has 0 aliphatic heterocycles. The minimum absolute atomic E-state index is 0.0195. The van der Waals surface area contributed by atoms with Crippen molar-refractivity contribution in [1.29, 1.82) is 0 Å². The third kappa shape index (κ3) is 5.54. The predicted octanol–water partition coefficient (Wildman–Crippen LogP) is 4.71. The van der Waals surface area contributed by atoms with Crippen molar-refractivity contribution in [2.24, 2.45) is 5.73 Å². The molecular weight excluding hydrogens is 377 g/mol. The summed E-state index contributed by atoms with van der Waals surface area (Å²) in [5, 5.41) is 0. The average molecular weight is 397 g/mol. The van der Waals surface area contributed by atoms with E-state index in [9.17, 15) is 9.36 Å². The molecule has 0 unspecified atom stereocenters. The molecule has 0 aliphatic rings. The van der Waals surface area contributed by atoms with E-state index in [4.69, 9.17) is 19.3 Å². The van der Waals surface area contributed by atoms with E-state index in [1.54, 1.807) is 12.1 Å². The summed E-state index contributed by atoms with van der Waals surface area (Å²) in [6.07, 6.45) is 0. The smallest absolute Gasteiger partial charge is 0.403 e. The van der Waals surface area contributed by atoms with Crippen molar-refractivity contribution in [1.82, 2.24) is 0 Å². The van der Waals surface area contributed by atoms with Crippen LogP contribution in [0, 0.1) is 0 Å². The summed E-state index contributed by atoms with van der Waals surface area (Å²) >= 11 is 0. The monoisotopic (exact) mass is 397 g/mol. The van der Waals surface area contributed by atoms with E-state index in [2.05, 4.69) is 0 Å². The zero-order chi connectivity index (χ0) is 19.8. The Hall–Kier alpha value is -2.92. The molecule has 144 valence electrons. The Bertz CT molecular complexity index is 915. The fourth-order valence-electron chi connectivity index (χ4n) is 2.42. The molecule has 0 bridgehead atoms. The number of para-hydroxylation sites is 1. The third-order valence-electron chi connectivity index (χ3n) is 3.83. The first-order chi connectivity index (χ1) is 13.6. The van der Waals surface area contributed by atoms with Crippen molar-refractivity contribution in [3.05, 3.63) is 102 Å². The second-order valence-corrected chi connectivity index (χ2v) is 7.51. The van der Waals surface area contributed by atoms with Crippen molar-refractivity contribution in [2.45, 2.75) is 13.2 Å². The number of amides is 1. The summed E-state index contributed by atoms with van der Waals surface area (Å²) in [6, 6.07) is 24.7. The highest BCUT2D eigenvalue weighted by Crippen LogP contribution is 2.51. The maximum Gasteiger partial charge on any atom is 0.530 e. The largest absolute Gasteiger partial charge is 0.530 e. The van der Waals surface area contributed by atoms with Gasteiger partial charge < -0.3 is 10.3 Å². The van der Waals surface area contributed by atoms with Gasteiger partial charge in [0.05, 0.1) is 18.8 Å². The minimum Gasteiger partial charge on any atom is -0.403 e. The lowest BCUT2D eigenvalue weighted by Crippen LogP contribution is -2.13. The topological polar surface area (TPSA) is 87.9 Å². The number of hydrogen-bond donors (Lipinski definition) is 1. The molecule has 6 nitrogen and oxygen atoms in total. The van der Waals surface area contributed by atoms with Gasteiger partial charge in [-0.25, -0.2) is 4.57 Å². The standard InChI is InChI=1S/C21H20NO5P/c22-21(23)19-13-7-8-14-20(19)27-28(24,25-15-17-9-3-1-4-10-17)26-16-18-11-5-2-6-12-18/h1-14H,15-16H2,(H2,22,23). The molecule has 0 radical (unpaired) electrons. The van der Waals surface area contributed by atoms with Gasteiger partial charge in [0.15, 0.2) is 0 Å². The van der Waals surface area contributed by atoms with Crippen LogP contribution in [0.1, 0.15) is 21.5 Å². The van der Waals surface area contributed by atoms with Crippen LogP contribution in [-0.2, 0) is 26.8 Å². The number of carbonyl (C=O) groups is 1. The first-order valence-corrected chi connectivity index (χ1v) is 10.1. The van der Waals surface area contributed by atoms with Crippen molar-refractivity contribution in [3.8, 4) is 5.75 Å². The molecule has 0 heterocycles. The molecule has 0 saturated heterocycles. The maximum absolute atomic E-state index is 13.3. The number of nitrogens with two attached hydrogens (primary N) is 1. The zero-order valence-electron chi connectivity index (χ0n) is 15.1. The van der Waals surface area contributed by atoms with Crippen LogP contribution in [0.25, 0.3) is 0 Å². The molecule has 0 saturated carbocycles. The summed E-state index contributed by atoms with van der Waals surface area (Å²) in [4.78, 5) is 11.6. The van der Waals surface area contributed by atoms with Gasteiger partial charge in [0, 0.05) is 0 Å². The molecule has 0 fully saturated rings. The van der Waals surface area contributed by atoms with Crippen LogP contribution in [0.4, 0.5) is 0 Å². The molecular formula is C21H20NO5P. The minimum atomic E-state index is -4.05. The van der Waals surface area contributed by atoms with Gasteiger partial charge in [0.25, 0.3) is 5.91 Å². The second kappa shape index (κ2) is 9.33. The predicted molar refractivity (Wildman–Crippen MR) is 106 cm³/mol. The fourth-order valence-corrected chi connectivity index (χ4v) is 3.61. The van der Waals surface area contributed by atoms with Crippen molar-refractivity contribution in [3.63, 3.8) is 0 Å². The highest BCUT2D eigenvalue weighted by molar-refractivity contribution is 7.48.